The average molecular weight is 382 g/mol. The second-order valence-corrected chi connectivity index (χ2v) is 8.92. The van der Waals surface area contributed by atoms with Gasteiger partial charge in [0, 0.05) is 24.2 Å². The molecule has 1 unspecified atom stereocenters. The third-order valence-electron chi connectivity index (χ3n) is 5.19. The number of hydrogen-bond donors (Lipinski definition) is 1. The topological polar surface area (TPSA) is 70.2 Å². The van der Waals surface area contributed by atoms with Gasteiger partial charge in [0.15, 0.2) is 0 Å². The quantitative estimate of drug-likeness (QED) is 0.753. The molecule has 1 aliphatic heterocycles. The molecule has 4 rings (SSSR count). The lowest BCUT2D eigenvalue weighted by atomic mass is 9.98. The summed E-state index contributed by atoms with van der Waals surface area (Å²) in [5, 5.41) is 0.715. The Balaban J connectivity index is 1.68. The molecule has 6 heteroatoms. The van der Waals surface area contributed by atoms with E-state index in [1.807, 2.05) is 30.3 Å². The highest BCUT2D eigenvalue weighted by atomic mass is 32.2. The highest BCUT2D eigenvalue weighted by Gasteiger charge is 2.33. The fourth-order valence-electron chi connectivity index (χ4n) is 3.81. The molecule has 140 valence electrons. The van der Waals surface area contributed by atoms with Gasteiger partial charge in [-0.2, -0.15) is 4.31 Å². The van der Waals surface area contributed by atoms with Gasteiger partial charge in [0.1, 0.15) is 0 Å². The molecule has 1 fully saturated rings. The number of pyridine rings is 1. The van der Waals surface area contributed by atoms with Crippen molar-refractivity contribution in [3.8, 4) is 0 Å². The van der Waals surface area contributed by atoms with E-state index < -0.39 is 10.0 Å². The Hall–Kier alpha value is -2.44. The minimum atomic E-state index is -3.59. The Morgan fingerprint density at radius 3 is 2.63 bits per heavy atom. The molecular formula is C21H22N2O3S. The molecule has 0 spiro atoms. The van der Waals surface area contributed by atoms with Gasteiger partial charge >= 0.3 is 0 Å². The Morgan fingerprint density at radius 1 is 1.00 bits per heavy atom. The number of H-pyrrole nitrogens is 1. The number of rotatable bonds is 4. The summed E-state index contributed by atoms with van der Waals surface area (Å²) in [6.45, 7) is 0.545. The van der Waals surface area contributed by atoms with Gasteiger partial charge in [-0.05, 0) is 54.5 Å². The summed E-state index contributed by atoms with van der Waals surface area (Å²) in [7, 11) is -3.59. The van der Waals surface area contributed by atoms with Crippen LogP contribution in [0.3, 0.4) is 0 Å². The number of sulfonamides is 1. The highest BCUT2D eigenvalue weighted by Crippen LogP contribution is 2.28. The zero-order chi connectivity index (χ0) is 18.9. The van der Waals surface area contributed by atoms with Crippen LogP contribution in [0, 0.1) is 0 Å². The Labute approximate surface area is 158 Å². The molecule has 1 aliphatic rings. The minimum absolute atomic E-state index is 0.0302. The van der Waals surface area contributed by atoms with Gasteiger partial charge in [0.25, 0.3) is 0 Å². The first kappa shape index (κ1) is 17.9. The van der Waals surface area contributed by atoms with Crippen molar-refractivity contribution >= 4 is 20.9 Å². The number of fused-ring (bicyclic) bond motifs is 1. The summed E-state index contributed by atoms with van der Waals surface area (Å²) in [6.07, 6.45) is 3.52. The molecule has 27 heavy (non-hydrogen) atoms. The number of piperidine rings is 1. The maximum absolute atomic E-state index is 13.4. The minimum Gasteiger partial charge on any atom is -0.322 e. The van der Waals surface area contributed by atoms with Crippen LogP contribution in [-0.2, 0) is 16.4 Å². The van der Waals surface area contributed by atoms with Crippen LogP contribution in [0.2, 0.25) is 0 Å². The van der Waals surface area contributed by atoms with Crippen LogP contribution in [0.1, 0.15) is 24.8 Å². The van der Waals surface area contributed by atoms with Crippen LogP contribution in [0.15, 0.2) is 70.4 Å². The van der Waals surface area contributed by atoms with Gasteiger partial charge in [-0.1, -0.05) is 36.8 Å². The summed E-state index contributed by atoms with van der Waals surface area (Å²) in [5.74, 6) is 0. The maximum Gasteiger partial charge on any atom is 0.248 e. The predicted molar refractivity (Wildman–Crippen MR) is 106 cm³/mol. The molecule has 1 aromatic heterocycles. The third-order valence-corrected chi connectivity index (χ3v) is 7.14. The fourth-order valence-corrected chi connectivity index (χ4v) is 5.54. The van der Waals surface area contributed by atoms with Crippen molar-refractivity contribution in [2.24, 2.45) is 0 Å². The van der Waals surface area contributed by atoms with Crippen molar-refractivity contribution in [1.82, 2.24) is 9.29 Å². The molecule has 0 bridgehead atoms. The smallest absolute Gasteiger partial charge is 0.248 e. The number of nitrogens with one attached hydrogen (secondary N) is 1. The molecule has 1 N–H and O–H groups in total. The lowest BCUT2D eigenvalue weighted by Gasteiger charge is -2.35. The van der Waals surface area contributed by atoms with E-state index in [2.05, 4.69) is 4.98 Å². The Bertz CT molecular complexity index is 1110. The van der Waals surface area contributed by atoms with E-state index in [0.717, 1.165) is 31.2 Å². The lowest BCUT2D eigenvalue weighted by molar-refractivity contribution is 0.251. The van der Waals surface area contributed by atoms with Gasteiger partial charge in [0.05, 0.1) is 4.90 Å². The number of hydrogen-bond acceptors (Lipinski definition) is 3. The third kappa shape index (κ3) is 3.68. The zero-order valence-corrected chi connectivity index (χ0v) is 15.8. The van der Waals surface area contributed by atoms with Crippen molar-refractivity contribution in [2.75, 3.05) is 6.54 Å². The van der Waals surface area contributed by atoms with Gasteiger partial charge in [-0.3, -0.25) is 4.79 Å². The summed E-state index contributed by atoms with van der Waals surface area (Å²) in [6, 6.07) is 18.0. The van der Waals surface area contributed by atoms with Crippen LogP contribution in [0.4, 0.5) is 0 Å². The monoisotopic (exact) mass is 382 g/mol. The number of nitrogens with zero attached hydrogens (tertiary/aromatic N) is 1. The Morgan fingerprint density at radius 2 is 1.81 bits per heavy atom. The zero-order valence-electron chi connectivity index (χ0n) is 15.0. The molecular weight excluding hydrogens is 360 g/mol. The predicted octanol–water partition coefficient (Wildman–Crippen LogP) is 3.31. The normalized spacial score (nSPS) is 18.6. The van der Waals surface area contributed by atoms with E-state index in [9.17, 15) is 13.2 Å². The molecule has 0 aliphatic carbocycles. The molecule has 0 radical (unpaired) electrons. The van der Waals surface area contributed by atoms with Crippen LogP contribution in [0.25, 0.3) is 10.9 Å². The summed E-state index contributed by atoms with van der Waals surface area (Å²) >= 11 is 0. The summed E-state index contributed by atoms with van der Waals surface area (Å²) in [4.78, 5) is 14.5. The van der Waals surface area contributed by atoms with E-state index in [0.29, 0.717) is 17.4 Å². The van der Waals surface area contributed by atoms with Gasteiger partial charge < -0.3 is 4.98 Å². The molecule has 2 aromatic carbocycles. The Kier molecular flexibility index (Phi) is 4.85. The first-order chi connectivity index (χ1) is 13.0. The number of aromatic amines is 1. The van der Waals surface area contributed by atoms with Crippen molar-refractivity contribution in [3.05, 3.63) is 76.6 Å². The molecule has 0 saturated carbocycles. The molecule has 2 heterocycles. The SMILES string of the molecule is O=c1ccc2cc(S(=O)(=O)N3CCCCC3Cc3ccccc3)ccc2[nH]1. The van der Waals surface area contributed by atoms with Crippen LogP contribution in [-0.4, -0.2) is 30.3 Å². The van der Waals surface area contributed by atoms with E-state index in [-0.39, 0.29) is 16.5 Å². The molecule has 1 saturated heterocycles. The number of benzene rings is 2. The van der Waals surface area contributed by atoms with Crippen molar-refractivity contribution in [1.29, 1.82) is 0 Å². The standard InChI is InChI=1S/C21H22N2O3S/c24-21-12-9-17-15-19(10-11-20(17)22-21)27(25,26)23-13-5-4-8-18(23)14-16-6-2-1-3-7-16/h1-3,6-7,9-12,15,18H,4-5,8,13-14H2,(H,22,24). The maximum atomic E-state index is 13.4. The second-order valence-electron chi connectivity index (χ2n) is 7.03. The first-order valence-corrected chi connectivity index (χ1v) is 10.7. The van der Waals surface area contributed by atoms with Gasteiger partial charge in [0.2, 0.25) is 15.6 Å². The van der Waals surface area contributed by atoms with E-state index in [1.165, 1.54) is 6.07 Å². The molecule has 0 amide bonds. The van der Waals surface area contributed by atoms with E-state index >= 15 is 0 Å². The van der Waals surface area contributed by atoms with Crippen LogP contribution in [0.5, 0.6) is 0 Å². The van der Waals surface area contributed by atoms with Crippen LogP contribution < -0.4 is 5.56 Å². The average Bonchev–Trinajstić information content (AvgIpc) is 2.68. The van der Waals surface area contributed by atoms with Crippen molar-refractivity contribution in [2.45, 2.75) is 36.6 Å². The largest absolute Gasteiger partial charge is 0.322 e. The lowest BCUT2D eigenvalue weighted by Crippen LogP contribution is -2.44. The molecule has 3 aromatic rings. The number of aromatic nitrogens is 1. The summed E-state index contributed by atoms with van der Waals surface area (Å²) in [5.41, 5.74) is 1.60. The molecule has 1 atom stereocenters. The highest BCUT2D eigenvalue weighted by molar-refractivity contribution is 7.89. The van der Waals surface area contributed by atoms with Crippen LogP contribution >= 0.6 is 0 Å². The van der Waals surface area contributed by atoms with Gasteiger partial charge in [-0.15, -0.1) is 0 Å². The van der Waals surface area contributed by atoms with Gasteiger partial charge in [-0.25, -0.2) is 8.42 Å². The van der Waals surface area contributed by atoms with Crippen molar-refractivity contribution < 1.29 is 8.42 Å². The first-order valence-electron chi connectivity index (χ1n) is 9.23. The fraction of sp³-hybridized carbons (Fsp3) is 0.286. The van der Waals surface area contributed by atoms with Crippen molar-refractivity contribution in [3.63, 3.8) is 0 Å². The molecule has 5 nitrogen and oxygen atoms in total. The van der Waals surface area contributed by atoms with E-state index in [4.69, 9.17) is 0 Å². The summed E-state index contributed by atoms with van der Waals surface area (Å²) < 4.78 is 28.4. The van der Waals surface area contributed by atoms with E-state index in [1.54, 1.807) is 28.6 Å². The second kappa shape index (κ2) is 7.29.